The summed E-state index contributed by atoms with van der Waals surface area (Å²) < 4.78 is 5.26. The lowest BCUT2D eigenvalue weighted by atomic mass is 9.80. The molecule has 0 aliphatic carbocycles. The number of rotatable bonds is 4. The summed E-state index contributed by atoms with van der Waals surface area (Å²) in [6.45, 7) is 4.62. The highest BCUT2D eigenvalue weighted by molar-refractivity contribution is 5.96. The first-order valence-corrected chi connectivity index (χ1v) is 10.0. The highest BCUT2D eigenvalue weighted by Crippen LogP contribution is 2.33. The summed E-state index contributed by atoms with van der Waals surface area (Å²) in [7, 11) is 1.55. The van der Waals surface area contributed by atoms with Gasteiger partial charge in [0.05, 0.1) is 7.11 Å². The first kappa shape index (κ1) is 18.9. The molecule has 2 aliphatic heterocycles. The van der Waals surface area contributed by atoms with Gasteiger partial charge in [0.25, 0.3) is 5.91 Å². The van der Waals surface area contributed by atoms with E-state index in [9.17, 15) is 4.79 Å². The molecule has 6 nitrogen and oxygen atoms in total. The molecule has 0 bridgehead atoms. The highest BCUT2D eigenvalue weighted by atomic mass is 16.5. The van der Waals surface area contributed by atoms with Crippen molar-refractivity contribution < 1.29 is 9.53 Å². The lowest BCUT2D eigenvalue weighted by molar-refractivity contribution is 0.0666. The normalized spacial score (nSPS) is 23.0. The number of hydrogen-bond acceptors (Lipinski definition) is 5. The molecule has 0 radical (unpaired) electrons. The molecule has 6 heteroatoms. The zero-order valence-electron chi connectivity index (χ0n) is 16.5. The Balaban J connectivity index is 1.42. The number of methoxy groups -OCH3 is 1. The van der Waals surface area contributed by atoms with Crippen molar-refractivity contribution in [2.24, 2.45) is 5.92 Å². The van der Waals surface area contributed by atoms with Crippen molar-refractivity contribution in [2.45, 2.75) is 31.7 Å². The second-order valence-corrected chi connectivity index (χ2v) is 7.76. The van der Waals surface area contributed by atoms with Gasteiger partial charge in [-0.3, -0.25) is 15.6 Å². The number of nitrogens with zero attached hydrogens (tertiary/aromatic N) is 2. The lowest BCUT2D eigenvalue weighted by Crippen LogP contribution is -2.45. The van der Waals surface area contributed by atoms with E-state index in [4.69, 9.17) is 4.74 Å². The van der Waals surface area contributed by atoms with Gasteiger partial charge in [-0.05, 0) is 43.4 Å². The fraction of sp³-hybridized carbons (Fsp3) is 0.455. The summed E-state index contributed by atoms with van der Waals surface area (Å²) in [6, 6.07) is 12.8. The van der Waals surface area contributed by atoms with Crippen molar-refractivity contribution in [3.63, 3.8) is 0 Å². The SMILES string of the molecule is COc1ncccc1C(=O)N1CCC(C2NNCC2c2cccc(C)c2)CC1. The van der Waals surface area contributed by atoms with Crippen LogP contribution in [0.15, 0.2) is 42.6 Å². The number of aromatic nitrogens is 1. The number of likely N-dealkylation sites (tertiary alicyclic amines) is 1. The molecule has 2 fully saturated rings. The predicted molar refractivity (Wildman–Crippen MR) is 108 cm³/mol. The van der Waals surface area contributed by atoms with Crippen LogP contribution in [0, 0.1) is 12.8 Å². The smallest absolute Gasteiger partial charge is 0.259 e. The zero-order chi connectivity index (χ0) is 19.5. The summed E-state index contributed by atoms with van der Waals surface area (Å²) in [4.78, 5) is 19.0. The summed E-state index contributed by atoms with van der Waals surface area (Å²) in [5, 5.41) is 0. The molecule has 4 rings (SSSR count). The van der Waals surface area contributed by atoms with E-state index < -0.39 is 0 Å². The second-order valence-electron chi connectivity index (χ2n) is 7.76. The number of aryl methyl sites for hydroxylation is 1. The Morgan fingerprint density at radius 1 is 1.21 bits per heavy atom. The van der Waals surface area contributed by atoms with E-state index in [1.807, 2.05) is 4.90 Å². The van der Waals surface area contributed by atoms with Crippen LogP contribution in [0.25, 0.3) is 0 Å². The molecule has 2 atom stereocenters. The van der Waals surface area contributed by atoms with Crippen molar-refractivity contribution >= 4 is 5.91 Å². The Morgan fingerprint density at radius 3 is 2.79 bits per heavy atom. The number of hydrogen-bond donors (Lipinski definition) is 2. The number of nitrogens with one attached hydrogen (secondary N) is 2. The highest BCUT2D eigenvalue weighted by Gasteiger charge is 2.37. The third kappa shape index (κ3) is 3.75. The van der Waals surface area contributed by atoms with Crippen LogP contribution in [-0.4, -0.2) is 48.6 Å². The minimum atomic E-state index is 0.0103. The van der Waals surface area contributed by atoms with Crippen molar-refractivity contribution in [2.75, 3.05) is 26.7 Å². The number of carbonyl (C=O) groups excluding carboxylic acids is 1. The van der Waals surface area contributed by atoms with Crippen LogP contribution in [0.3, 0.4) is 0 Å². The van der Waals surface area contributed by atoms with Gasteiger partial charge < -0.3 is 9.64 Å². The minimum Gasteiger partial charge on any atom is -0.480 e. The molecule has 2 aromatic rings. The molecule has 2 aliphatic rings. The van der Waals surface area contributed by atoms with E-state index in [2.05, 4.69) is 47.0 Å². The Bertz CT molecular complexity index is 833. The molecule has 0 spiro atoms. The number of amides is 1. The summed E-state index contributed by atoms with van der Waals surface area (Å²) in [5.74, 6) is 1.41. The molecule has 1 amide bonds. The van der Waals surface area contributed by atoms with Gasteiger partial charge in [-0.25, -0.2) is 4.98 Å². The number of ether oxygens (including phenoxy) is 1. The molecule has 1 aromatic heterocycles. The quantitative estimate of drug-likeness (QED) is 0.853. The summed E-state index contributed by atoms with van der Waals surface area (Å²) >= 11 is 0. The van der Waals surface area contributed by atoms with Gasteiger partial charge in [-0.15, -0.1) is 0 Å². The van der Waals surface area contributed by atoms with Crippen LogP contribution < -0.4 is 15.6 Å². The van der Waals surface area contributed by atoms with E-state index in [1.165, 1.54) is 11.1 Å². The maximum atomic E-state index is 12.9. The number of pyridine rings is 1. The molecule has 0 saturated carbocycles. The Hall–Kier alpha value is -2.44. The van der Waals surface area contributed by atoms with Crippen LogP contribution >= 0.6 is 0 Å². The molecule has 3 heterocycles. The fourth-order valence-electron chi connectivity index (χ4n) is 4.53. The average Bonchev–Trinajstić information content (AvgIpc) is 3.23. The predicted octanol–water partition coefficient (Wildman–Crippen LogP) is 2.51. The first-order valence-electron chi connectivity index (χ1n) is 10.0. The number of carbonyl (C=O) groups is 1. The van der Waals surface area contributed by atoms with E-state index in [0.29, 0.717) is 29.3 Å². The largest absolute Gasteiger partial charge is 0.480 e. The molecule has 2 saturated heterocycles. The van der Waals surface area contributed by atoms with Crippen molar-refractivity contribution in [3.8, 4) is 5.88 Å². The molecular weight excluding hydrogens is 352 g/mol. The van der Waals surface area contributed by atoms with Crippen LogP contribution in [0.1, 0.15) is 40.2 Å². The molecule has 2 unspecified atom stereocenters. The van der Waals surface area contributed by atoms with Gasteiger partial charge >= 0.3 is 0 Å². The monoisotopic (exact) mass is 380 g/mol. The van der Waals surface area contributed by atoms with Crippen LogP contribution in [0.4, 0.5) is 0 Å². The van der Waals surface area contributed by atoms with E-state index in [-0.39, 0.29) is 5.91 Å². The van der Waals surface area contributed by atoms with E-state index in [0.717, 1.165) is 32.5 Å². The Morgan fingerprint density at radius 2 is 2.04 bits per heavy atom. The van der Waals surface area contributed by atoms with Crippen LogP contribution in [0.2, 0.25) is 0 Å². The van der Waals surface area contributed by atoms with Crippen molar-refractivity contribution in [1.29, 1.82) is 0 Å². The summed E-state index contributed by atoms with van der Waals surface area (Å²) in [5.41, 5.74) is 10.1. The number of benzene rings is 1. The number of hydrazine groups is 1. The maximum absolute atomic E-state index is 12.9. The fourth-order valence-corrected chi connectivity index (χ4v) is 4.53. The second kappa shape index (κ2) is 8.29. The molecule has 148 valence electrons. The molecule has 28 heavy (non-hydrogen) atoms. The van der Waals surface area contributed by atoms with Gasteiger partial charge in [0.1, 0.15) is 5.56 Å². The standard InChI is InChI=1S/C22H28N4O2/c1-15-5-3-6-17(13-15)19-14-24-25-20(19)16-8-11-26(12-9-16)22(27)18-7-4-10-23-21(18)28-2/h3-7,10,13,16,19-20,24-25H,8-9,11-12,14H2,1-2H3. The molecular formula is C22H28N4O2. The summed E-state index contributed by atoms with van der Waals surface area (Å²) in [6.07, 6.45) is 3.64. The number of piperidine rings is 1. The van der Waals surface area contributed by atoms with Crippen molar-refractivity contribution in [3.05, 3.63) is 59.3 Å². The Labute approximate surface area is 166 Å². The van der Waals surface area contributed by atoms with E-state index >= 15 is 0 Å². The zero-order valence-corrected chi connectivity index (χ0v) is 16.5. The topological polar surface area (TPSA) is 66.5 Å². The Kier molecular flexibility index (Phi) is 5.59. The minimum absolute atomic E-state index is 0.0103. The van der Waals surface area contributed by atoms with Gasteiger partial charge in [0.2, 0.25) is 5.88 Å². The van der Waals surface area contributed by atoms with Gasteiger partial charge in [0.15, 0.2) is 0 Å². The third-order valence-electron chi connectivity index (χ3n) is 6.02. The van der Waals surface area contributed by atoms with Gasteiger partial charge in [-0.2, -0.15) is 0 Å². The van der Waals surface area contributed by atoms with E-state index in [1.54, 1.807) is 25.4 Å². The molecule has 2 N–H and O–H groups in total. The van der Waals surface area contributed by atoms with Crippen molar-refractivity contribution in [1.82, 2.24) is 20.7 Å². The average molecular weight is 380 g/mol. The van der Waals surface area contributed by atoms with Crippen LogP contribution in [-0.2, 0) is 0 Å². The lowest BCUT2D eigenvalue weighted by Gasteiger charge is -2.36. The van der Waals surface area contributed by atoms with Gasteiger partial charge in [0, 0.05) is 37.8 Å². The van der Waals surface area contributed by atoms with Crippen LogP contribution in [0.5, 0.6) is 5.88 Å². The first-order chi connectivity index (χ1) is 13.7. The third-order valence-corrected chi connectivity index (χ3v) is 6.02. The van der Waals surface area contributed by atoms with Gasteiger partial charge in [-0.1, -0.05) is 29.8 Å². The maximum Gasteiger partial charge on any atom is 0.259 e. The molecule has 1 aromatic carbocycles.